The number of nitrogens with zero attached hydrogens (tertiary/aromatic N) is 6. The summed E-state index contributed by atoms with van der Waals surface area (Å²) in [6.07, 6.45) is -0.000837. The van der Waals surface area contributed by atoms with Crippen LogP contribution in [0.15, 0.2) is 35.8 Å². The Hall–Kier alpha value is -2.93. The SMILES string of the molecule is O=c1cccnn1CCNc1ncnc2c1ncn2[C@@H]1O[C@H](CO)[C@@H](O)[C@H]1O. The van der Waals surface area contributed by atoms with Gasteiger partial charge in [0.25, 0.3) is 5.56 Å². The van der Waals surface area contributed by atoms with Gasteiger partial charge in [-0.1, -0.05) is 0 Å². The summed E-state index contributed by atoms with van der Waals surface area (Å²) in [6.45, 7) is 0.292. The molecule has 0 unspecified atom stereocenters. The highest BCUT2D eigenvalue weighted by molar-refractivity contribution is 5.82. The molecule has 0 spiro atoms. The smallest absolute Gasteiger partial charge is 0.266 e. The van der Waals surface area contributed by atoms with Crippen LogP contribution in [0.1, 0.15) is 6.23 Å². The number of anilines is 1. The Labute approximate surface area is 158 Å². The Kier molecular flexibility index (Phi) is 5.00. The molecule has 1 aliphatic heterocycles. The van der Waals surface area contributed by atoms with Crippen molar-refractivity contribution in [3.8, 4) is 0 Å². The second kappa shape index (κ2) is 7.59. The standard InChI is InChI=1S/C16H19N7O5/c24-6-9-12(26)13(27)16(28-9)22-8-20-11-14(18-7-19-15(11)22)17-4-5-23-10(25)2-1-3-21-23/h1-3,7-9,12-13,16,24,26-27H,4-6H2,(H,17,18,19)/t9-,12-,13-,16-/m1/s1. The lowest BCUT2D eigenvalue weighted by molar-refractivity contribution is -0.0511. The number of nitrogens with one attached hydrogen (secondary N) is 1. The third-order valence-electron chi connectivity index (χ3n) is 4.55. The second-order valence-corrected chi connectivity index (χ2v) is 6.29. The molecule has 0 amide bonds. The van der Waals surface area contributed by atoms with E-state index in [-0.39, 0.29) is 5.56 Å². The van der Waals surface area contributed by atoms with E-state index in [4.69, 9.17) is 4.74 Å². The van der Waals surface area contributed by atoms with Crippen molar-refractivity contribution in [1.29, 1.82) is 0 Å². The lowest BCUT2D eigenvalue weighted by atomic mass is 10.1. The molecule has 4 heterocycles. The molecule has 1 saturated heterocycles. The van der Waals surface area contributed by atoms with Gasteiger partial charge in [-0.15, -0.1) is 0 Å². The first-order chi connectivity index (χ1) is 13.6. The van der Waals surface area contributed by atoms with Gasteiger partial charge in [0, 0.05) is 18.8 Å². The largest absolute Gasteiger partial charge is 0.394 e. The molecule has 4 rings (SSSR count). The first-order valence-corrected chi connectivity index (χ1v) is 8.66. The maximum Gasteiger partial charge on any atom is 0.266 e. The van der Waals surface area contributed by atoms with Gasteiger partial charge in [-0.25, -0.2) is 19.6 Å². The molecule has 3 aromatic rings. The molecule has 0 bridgehead atoms. The minimum absolute atomic E-state index is 0.203. The number of rotatable bonds is 6. The molecule has 4 N–H and O–H groups in total. The van der Waals surface area contributed by atoms with Gasteiger partial charge in [0.05, 0.1) is 19.5 Å². The van der Waals surface area contributed by atoms with Crippen LogP contribution in [0, 0.1) is 0 Å². The number of fused-ring (bicyclic) bond motifs is 1. The quantitative estimate of drug-likeness (QED) is 0.375. The topological polar surface area (TPSA) is 160 Å². The van der Waals surface area contributed by atoms with Crippen molar-refractivity contribution < 1.29 is 20.1 Å². The summed E-state index contributed by atoms with van der Waals surface area (Å²) in [7, 11) is 0. The zero-order valence-electron chi connectivity index (χ0n) is 14.7. The van der Waals surface area contributed by atoms with Crippen molar-refractivity contribution in [2.24, 2.45) is 0 Å². The van der Waals surface area contributed by atoms with E-state index in [1.54, 1.807) is 6.07 Å². The van der Waals surface area contributed by atoms with Crippen LogP contribution in [-0.2, 0) is 11.3 Å². The molecule has 1 aliphatic rings. The van der Waals surface area contributed by atoms with Crippen LogP contribution in [-0.4, -0.2) is 76.1 Å². The van der Waals surface area contributed by atoms with Crippen LogP contribution in [0.4, 0.5) is 5.82 Å². The van der Waals surface area contributed by atoms with E-state index in [9.17, 15) is 20.1 Å². The predicted octanol–water partition coefficient (Wildman–Crippen LogP) is -1.89. The lowest BCUT2D eigenvalue weighted by Gasteiger charge is -2.16. The van der Waals surface area contributed by atoms with Crippen molar-refractivity contribution in [2.75, 3.05) is 18.5 Å². The molecule has 28 heavy (non-hydrogen) atoms. The fourth-order valence-electron chi connectivity index (χ4n) is 3.11. The van der Waals surface area contributed by atoms with E-state index in [0.29, 0.717) is 30.1 Å². The molecule has 12 nitrogen and oxygen atoms in total. The van der Waals surface area contributed by atoms with Crippen LogP contribution >= 0.6 is 0 Å². The molecule has 148 valence electrons. The number of ether oxygens (including phenoxy) is 1. The summed E-state index contributed by atoms with van der Waals surface area (Å²) in [5.74, 6) is 0.444. The number of aliphatic hydroxyl groups is 3. The van der Waals surface area contributed by atoms with Gasteiger partial charge in [0.1, 0.15) is 24.6 Å². The first kappa shape index (κ1) is 18.4. The highest BCUT2D eigenvalue weighted by atomic mass is 16.6. The van der Waals surface area contributed by atoms with E-state index in [0.717, 1.165) is 0 Å². The molecule has 0 aliphatic carbocycles. The van der Waals surface area contributed by atoms with Gasteiger partial charge < -0.3 is 25.4 Å². The molecule has 12 heteroatoms. The van der Waals surface area contributed by atoms with E-state index in [1.807, 2.05) is 0 Å². The van der Waals surface area contributed by atoms with E-state index >= 15 is 0 Å². The van der Waals surface area contributed by atoms with E-state index in [1.165, 1.54) is 34.2 Å². The van der Waals surface area contributed by atoms with Gasteiger partial charge in [-0.05, 0) is 6.07 Å². The zero-order chi connectivity index (χ0) is 19.7. The number of aliphatic hydroxyl groups excluding tert-OH is 3. The molecule has 0 radical (unpaired) electrons. The molecular weight excluding hydrogens is 370 g/mol. The second-order valence-electron chi connectivity index (χ2n) is 6.29. The van der Waals surface area contributed by atoms with Crippen molar-refractivity contribution >= 4 is 17.0 Å². The molecular formula is C16H19N7O5. The van der Waals surface area contributed by atoms with Crippen LogP contribution < -0.4 is 10.9 Å². The average molecular weight is 389 g/mol. The third kappa shape index (κ3) is 3.22. The molecule has 4 atom stereocenters. The number of aromatic nitrogens is 6. The summed E-state index contributed by atoms with van der Waals surface area (Å²) in [4.78, 5) is 24.3. The van der Waals surface area contributed by atoms with Crippen molar-refractivity contribution in [1.82, 2.24) is 29.3 Å². The average Bonchev–Trinajstić information content (AvgIpc) is 3.25. The predicted molar refractivity (Wildman–Crippen MR) is 95.3 cm³/mol. The fourth-order valence-corrected chi connectivity index (χ4v) is 3.11. The van der Waals surface area contributed by atoms with Crippen molar-refractivity contribution in [3.05, 3.63) is 41.3 Å². The number of hydrogen-bond donors (Lipinski definition) is 4. The van der Waals surface area contributed by atoms with Gasteiger partial charge in [0.15, 0.2) is 23.2 Å². The van der Waals surface area contributed by atoms with Crippen LogP contribution in [0.25, 0.3) is 11.2 Å². The Morgan fingerprint density at radius 3 is 2.82 bits per heavy atom. The maximum atomic E-state index is 11.7. The highest BCUT2D eigenvalue weighted by Gasteiger charge is 2.44. The monoisotopic (exact) mass is 389 g/mol. The zero-order valence-corrected chi connectivity index (χ0v) is 14.7. The normalized spacial score (nSPS) is 24.7. The lowest BCUT2D eigenvalue weighted by Crippen LogP contribution is -2.33. The Balaban J connectivity index is 1.54. The highest BCUT2D eigenvalue weighted by Crippen LogP contribution is 2.31. The van der Waals surface area contributed by atoms with Crippen molar-refractivity contribution in [2.45, 2.75) is 31.1 Å². The fraction of sp³-hybridized carbons (Fsp3) is 0.438. The minimum Gasteiger partial charge on any atom is -0.394 e. The van der Waals surface area contributed by atoms with E-state index < -0.39 is 31.1 Å². The van der Waals surface area contributed by atoms with Crippen LogP contribution in [0.3, 0.4) is 0 Å². The molecule has 3 aromatic heterocycles. The summed E-state index contributed by atoms with van der Waals surface area (Å²) >= 11 is 0. The van der Waals surface area contributed by atoms with Gasteiger partial charge in [0.2, 0.25) is 0 Å². The third-order valence-corrected chi connectivity index (χ3v) is 4.55. The number of hydrogen-bond acceptors (Lipinski definition) is 10. The minimum atomic E-state index is -1.24. The summed E-state index contributed by atoms with van der Waals surface area (Å²) in [5.41, 5.74) is 0.627. The summed E-state index contributed by atoms with van der Waals surface area (Å²) < 4.78 is 8.33. The Morgan fingerprint density at radius 1 is 1.21 bits per heavy atom. The van der Waals surface area contributed by atoms with Gasteiger partial charge in [-0.3, -0.25) is 9.36 Å². The molecule has 0 saturated carbocycles. The molecule has 1 fully saturated rings. The number of imidazole rings is 1. The van der Waals surface area contributed by atoms with Gasteiger partial charge >= 0.3 is 0 Å². The maximum absolute atomic E-state index is 11.7. The summed E-state index contributed by atoms with van der Waals surface area (Å²) in [6, 6.07) is 3.00. The van der Waals surface area contributed by atoms with Gasteiger partial charge in [-0.2, -0.15) is 5.10 Å². The first-order valence-electron chi connectivity index (χ1n) is 8.66. The Bertz CT molecular complexity index is 1020. The van der Waals surface area contributed by atoms with Crippen molar-refractivity contribution in [3.63, 3.8) is 0 Å². The molecule has 0 aromatic carbocycles. The Morgan fingerprint density at radius 2 is 2.07 bits per heavy atom. The van der Waals surface area contributed by atoms with Crippen LogP contribution in [0.2, 0.25) is 0 Å². The van der Waals surface area contributed by atoms with E-state index in [2.05, 4.69) is 25.4 Å². The van der Waals surface area contributed by atoms with Crippen LogP contribution in [0.5, 0.6) is 0 Å². The summed E-state index contributed by atoms with van der Waals surface area (Å²) in [5, 5.41) is 36.5.